The maximum Gasteiger partial charge on any atom is 0.249 e. The fourth-order valence-electron chi connectivity index (χ4n) is 2.16. The molecule has 1 aromatic heterocycles. The van der Waals surface area contributed by atoms with Crippen LogP contribution >= 0.6 is 15.9 Å². The predicted molar refractivity (Wildman–Crippen MR) is 95.7 cm³/mol. The molecule has 0 aliphatic carbocycles. The molecule has 0 aliphatic heterocycles. The molecule has 3 rings (SSSR count). The van der Waals surface area contributed by atoms with E-state index in [4.69, 9.17) is 0 Å². The van der Waals surface area contributed by atoms with Crippen molar-refractivity contribution in [3.05, 3.63) is 70.1 Å². The molecule has 5 nitrogen and oxygen atoms in total. The van der Waals surface area contributed by atoms with Crippen LogP contribution in [0.1, 0.15) is 11.1 Å². The maximum absolute atomic E-state index is 13.6. The van der Waals surface area contributed by atoms with Crippen LogP contribution in [-0.2, 0) is 6.54 Å². The van der Waals surface area contributed by atoms with Crippen molar-refractivity contribution in [3.63, 3.8) is 0 Å². The van der Waals surface area contributed by atoms with E-state index in [0.717, 1.165) is 15.7 Å². The molecule has 0 unspecified atom stereocenters. The summed E-state index contributed by atoms with van der Waals surface area (Å²) in [6.45, 7) is 2.31. The summed E-state index contributed by atoms with van der Waals surface area (Å²) >= 11 is 3.43. The molecule has 0 amide bonds. The lowest BCUT2D eigenvalue weighted by atomic mass is 10.2. The minimum Gasteiger partial charge on any atom is -0.364 e. The van der Waals surface area contributed by atoms with Gasteiger partial charge < -0.3 is 10.6 Å². The number of nitrogens with zero attached hydrogens (tertiary/aromatic N) is 3. The van der Waals surface area contributed by atoms with E-state index in [-0.39, 0.29) is 5.82 Å². The highest BCUT2D eigenvalue weighted by atomic mass is 79.9. The zero-order valence-corrected chi connectivity index (χ0v) is 14.5. The fourth-order valence-corrected chi connectivity index (χ4v) is 2.63. The van der Waals surface area contributed by atoms with Crippen molar-refractivity contribution in [2.45, 2.75) is 13.5 Å². The van der Waals surface area contributed by atoms with Gasteiger partial charge in [0.05, 0.1) is 6.20 Å². The van der Waals surface area contributed by atoms with Crippen LogP contribution in [0.3, 0.4) is 0 Å². The summed E-state index contributed by atoms with van der Waals surface area (Å²) in [5.74, 6) is 0.639. The Bertz CT molecular complexity index is 856. The van der Waals surface area contributed by atoms with E-state index >= 15 is 0 Å². The predicted octanol–water partition coefficient (Wildman–Crippen LogP) is 4.44. The van der Waals surface area contributed by atoms with Crippen LogP contribution in [0.5, 0.6) is 0 Å². The molecule has 0 atom stereocenters. The number of aryl methyl sites for hydroxylation is 1. The summed E-state index contributed by atoms with van der Waals surface area (Å²) in [4.78, 5) is 4.35. The zero-order valence-electron chi connectivity index (χ0n) is 12.9. The molecule has 0 fully saturated rings. The lowest BCUT2D eigenvalue weighted by Crippen LogP contribution is -2.07. The third kappa shape index (κ3) is 4.05. The van der Waals surface area contributed by atoms with E-state index in [0.29, 0.717) is 23.9 Å². The first-order chi connectivity index (χ1) is 11.6. The largest absolute Gasteiger partial charge is 0.364 e. The molecule has 24 heavy (non-hydrogen) atoms. The maximum atomic E-state index is 13.6. The molecule has 2 N–H and O–H groups in total. The summed E-state index contributed by atoms with van der Waals surface area (Å²) in [5, 5.41) is 14.1. The number of benzene rings is 2. The molecular weight excluding hydrogens is 373 g/mol. The number of hydrogen-bond acceptors (Lipinski definition) is 5. The second-order valence-electron chi connectivity index (χ2n) is 5.19. The molecule has 0 saturated heterocycles. The van der Waals surface area contributed by atoms with E-state index in [1.54, 1.807) is 18.2 Å². The van der Waals surface area contributed by atoms with Gasteiger partial charge >= 0.3 is 0 Å². The highest BCUT2D eigenvalue weighted by molar-refractivity contribution is 9.10. The first-order valence-electron chi connectivity index (χ1n) is 7.32. The molecule has 7 heteroatoms. The summed E-state index contributed by atoms with van der Waals surface area (Å²) in [7, 11) is 0. The molecule has 0 spiro atoms. The highest BCUT2D eigenvalue weighted by Gasteiger charge is 2.05. The minimum absolute atomic E-state index is 0.254. The Morgan fingerprint density at radius 1 is 1.17 bits per heavy atom. The van der Waals surface area contributed by atoms with Gasteiger partial charge in [-0.25, -0.2) is 4.39 Å². The molecular formula is C17H15BrFN5. The summed E-state index contributed by atoms with van der Waals surface area (Å²) in [6, 6.07) is 12.5. The number of rotatable bonds is 5. The van der Waals surface area contributed by atoms with Crippen LogP contribution in [0.2, 0.25) is 0 Å². The second-order valence-corrected chi connectivity index (χ2v) is 6.11. The standard InChI is InChI=1S/C17H15BrFN5/c1-11-8-13(18)6-7-15(11)22-17-23-16(10-21-24-17)20-9-12-4-2-3-5-14(12)19/h2-8,10H,9H2,1H3,(H2,20,22,23,24). The van der Waals surface area contributed by atoms with E-state index in [9.17, 15) is 4.39 Å². The van der Waals surface area contributed by atoms with Gasteiger partial charge in [-0.2, -0.15) is 10.1 Å². The van der Waals surface area contributed by atoms with Gasteiger partial charge in [-0.15, -0.1) is 5.10 Å². The number of nitrogens with one attached hydrogen (secondary N) is 2. The average molecular weight is 388 g/mol. The molecule has 0 bridgehead atoms. The number of hydrogen-bond donors (Lipinski definition) is 2. The van der Waals surface area contributed by atoms with Crippen LogP contribution in [-0.4, -0.2) is 15.2 Å². The van der Waals surface area contributed by atoms with Gasteiger partial charge in [-0.05, 0) is 36.8 Å². The molecule has 0 saturated carbocycles. The normalized spacial score (nSPS) is 10.5. The Hall–Kier alpha value is -2.54. The van der Waals surface area contributed by atoms with Gasteiger partial charge in [0.15, 0.2) is 5.82 Å². The van der Waals surface area contributed by atoms with Crippen LogP contribution in [0.4, 0.5) is 21.8 Å². The zero-order chi connectivity index (χ0) is 16.9. The Morgan fingerprint density at radius 3 is 2.79 bits per heavy atom. The van der Waals surface area contributed by atoms with Crippen molar-refractivity contribution < 1.29 is 4.39 Å². The van der Waals surface area contributed by atoms with Crippen LogP contribution in [0, 0.1) is 12.7 Å². The van der Waals surface area contributed by atoms with Crippen molar-refractivity contribution in [2.24, 2.45) is 0 Å². The van der Waals surface area contributed by atoms with Gasteiger partial charge in [0.25, 0.3) is 0 Å². The monoisotopic (exact) mass is 387 g/mol. The summed E-state index contributed by atoms with van der Waals surface area (Å²) in [5.41, 5.74) is 2.51. The van der Waals surface area contributed by atoms with Crippen molar-refractivity contribution in [1.29, 1.82) is 0 Å². The lowest BCUT2D eigenvalue weighted by molar-refractivity contribution is 0.613. The van der Waals surface area contributed by atoms with Gasteiger partial charge in [0.1, 0.15) is 5.82 Å². The third-order valence-corrected chi connectivity index (χ3v) is 3.90. The number of anilines is 3. The molecule has 0 aliphatic rings. The van der Waals surface area contributed by atoms with Crippen LogP contribution < -0.4 is 10.6 Å². The SMILES string of the molecule is Cc1cc(Br)ccc1Nc1nncc(NCc2ccccc2F)n1. The van der Waals surface area contributed by atoms with Gasteiger partial charge in [-0.1, -0.05) is 34.1 Å². The van der Waals surface area contributed by atoms with Crippen molar-refractivity contribution in [2.75, 3.05) is 10.6 Å². The van der Waals surface area contributed by atoms with E-state index in [1.165, 1.54) is 12.3 Å². The van der Waals surface area contributed by atoms with E-state index in [1.807, 2.05) is 25.1 Å². The summed E-state index contributed by atoms with van der Waals surface area (Å²) in [6.07, 6.45) is 1.50. The first-order valence-corrected chi connectivity index (χ1v) is 8.11. The van der Waals surface area contributed by atoms with Crippen molar-refractivity contribution >= 4 is 33.4 Å². The molecule has 122 valence electrons. The Balaban J connectivity index is 1.71. The van der Waals surface area contributed by atoms with Crippen molar-refractivity contribution in [3.8, 4) is 0 Å². The first kappa shape index (κ1) is 16.3. The average Bonchev–Trinajstić information content (AvgIpc) is 2.57. The number of halogens is 2. The molecule has 3 aromatic rings. The fraction of sp³-hybridized carbons (Fsp3) is 0.118. The Labute approximate surface area is 147 Å². The molecule has 2 aromatic carbocycles. The van der Waals surface area contributed by atoms with Crippen LogP contribution in [0.25, 0.3) is 0 Å². The smallest absolute Gasteiger partial charge is 0.249 e. The highest BCUT2D eigenvalue weighted by Crippen LogP contribution is 2.22. The van der Waals surface area contributed by atoms with Crippen molar-refractivity contribution in [1.82, 2.24) is 15.2 Å². The second kappa shape index (κ2) is 7.35. The third-order valence-electron chi connectivity index (χ3n) is 3.41. The molecule has 1 heterocycles. The minimum atomic E-state index is -0.254. The van der Waals surface area contributed by atoms with Gasteiger partial charge in [0.2, 0.25) is 5.95 Å². The Morgan fingerprint density at radius 2 is 2.00 bits per heavy atom. The van der Waals surface area contributed by atoms with Crippen LogP contribution in [0.15, 0.2) is 53.1 Å². The topological polar surface area (TPSA) is 62.7 Å². The Kier molecular flexibility index (Phi) is 5.00. The van der Waals surface area contributed by atoms with Gasteiger partial charge in [-0.3, -0.25) is 0 Å². The quantitative estimate of drug-likeness (QED) is 0.677. The molecule has 0 radical (unpaired) electrons. The lowest BCUT2D eigenvalue weighted by Gasteiger charge is -2.10. The number of aromatic nitrogens is 3. The van der Waals surface area contributed by atoms with E-state index in [2.05, 4.69) is 41.7 Å². The van der Waals surface area contributed by atoms with Gasteiger partial charge in [0, 0.05) is 22.3 Å². The summed E-state index contributed by atoms with van der Waals surface area (Å²) < 4.78 is 14.6. The van der Waals surface area contributed by atoms with E-state index < -0.39 is 0 Å².